The van der Waals surface area contributed by atoms with Crippen LogP contribution >= 0.6 is 11.8 Å². The Morgan fingerprint density at radius 1 is 1.10 bits per heavy atom. The lowest BCUT2D eigenvalue weighted by atomic mass is 10.0. The summed E-state index contributed by atoms with van der Waals surface area (Å²) in [4.78, 5) is 12.7. The minimum Gasteiger partial charge on any atom is -0.349 e. The molecule has 1 fully saturated rings. The van der Waals surface area contributed by atoms with Crippen LogP contribution in [0.5, 0.6) is 0 Å². The number of nitrogens with zero attached hydrogens (tertiary/aromatic N) is 3. The molecule has 2 aromatic carbocycles. The topological polar surface area (TPSA) is 59.8 Å². The van der Waals surface area contributed by atoms with Gasteiger partial charge in [-0.25, -0.2) is 0 Å². The average Bonchev–Trinajstić information content (AvgIpc) is 3.52. The van der Waals surface area contributed by atoms with Crippen LogP contribution in [0.2, 0.25) is 0 Å². The van der Waals surface area contributed by atoms with Gasteiger partial charge in [0, 0.05) is 11.6 Å². The summed E-state index contributed by atoms with van der Waals surface area (Å²) < 4.78 is 2.11. The highest BCUT2D eigenvalue weighted by Gasteiger charge is 2.31. The summed E-state index contributed by atoms with van der Waals surface area (Å²) in [7, 11) is 0. The summed E-state index contributed by atoms with van der Waals surface area (Å²) in [6, 6.07) is 20.4. The van der Waals surface area contributed by atoms with E-state index in [1.807, 2.05) is 36.4 Å². The molecule has 1 aliphatic rings. The van der Waals surface area contributed by atoms with Crippen LogP contribution in [0.1, 0.15) is 56.0 Å². The molecule has 1 N–H and O–H groups in total. The number of carbonyl (C=O) groups excluding carboxylic acids is 1. The molecule has 1 aromatic heterocycles. The van der Waals surface area contributed by atoms with Crippen molar-refractivity contribution in [2.24, 2.45) is 0 Å². The van der Waals surface area contributed by atoms with E-state index >= 15 is 0 Å². The van der Waals surface area contributed by atoms with Crippen molar-refractivity contribution in [2.45, 2.75) is 49.7 Å². The highest BCUT2D eigenvalue weighted by Crippen LogP contribution is 2.41. The van der Waals surface area contributed by atoms with Gasteiger partial charge in [-0.05, 0) is 37.0 Å². The third-order valence-corrected chi connectivity index (χ3v) is 5.99. The van der Waals surface area contributed by atoms with Gasteiger partial charge < -0.3 is 5.32 Å². The van der Waals surface area contributed by atoms with Crippen LogP contribution in [0.25, 0.3) is 5.69 Å². The van der Waals surface area contributed by atoms with Crippen LogP contribution < -0.4 is 5.32 Å². The van der Waals surface area contributed by atoms with Gasteiger partial charge in [-0.15, -0.1) is 10.2 Å². The summed E-state index contributed by atoms with van der Waals surface area (Å²) in [5, 5.41) is 12.8. The molecule has 1 atom stereocenters. The van der Waals surface area contributed by atoms with E-state index in [-0.39, 0.29) is 11.9 Å². The minimum absolute atomic E-state index is 0.0212. The number of aromatic nitrogens is 3. The first-order valence-electron chi connectivity index (χ1n) is 10.2. The first-order valence-corrected chi connectivity index (χ1v) is 11.2. The maximum Gasteiger partial charge on any atom is 0.230 e. The van der Waals surface area contributed by atoms with E-state index in [9.17, 15) is 4.79 Å². The molecule has 0 bridgehead atoms. The summed E-state index contributed by atoms with van der Waals surface area (Å²) >= 11 is 1.45. The Hall–Kier alpha value is -2.60. The van der Waals surface area contributed by atoms with E-state index in [1.54, 1.807) is 0 Å². The van der Waals surface area contributed by atoms with Gasteiger partial charge in [0.1, 0.15) is 5.82 Å². The maximum atomic E-state index is 12.7. The zero-order valence-corrected chi connectivity index (χ0v) is 17.4. The van der Waals surface area contributed by atoms with Gasteiger partial charge in [-0.1, -0.05) is 73.6 Å². The molecule has 1 heterocycles. The number of hydrogen-bond donors (Lipinski definition) is 1. The van der Waals surface area contributed by atoms with Crippen molar-refractivity contribution in [2.75, 3.05) is 5.75 Å². The number of rotatable bonds is 9. The lowest BCUT2D eigenvalue weighted by molar-refractivity contribution is -0.119. The Morgan fingerprint density at radius 3 is 2.45 bits per heavy atom. The molecular weight excluding hydrogens is 380 g/mol. The van der Waals surface area contributed by atoms with Gasteiger partial charge in [0.2, 0.25) is 5.91 Å². The fraction of sp³-hybridized carbons (Fsp3) is 0.348. The van der Waals surface area contributed by atoms with Gasteiger partial charge >= 0.3 is 0 Å². The Morgan fingerprint density at radius 2 is 1.79 bits per heavy atom. The van der Waals surface area contributed by atoms with E-state index in [4.69, 9.17) is 0 Å². The number of benzene rings is 2. The van der Waals surface area contributed by atoms with Crippen molar-refractivity contribution < 1.29 is 4.79 Å². The van der Waals surface area contributed by atoms with Crippen LogP contribution in [0.4, 0.5) is 0 Å². The maximum absolute atomic E-state index is 12.7. The van der Waals surface area contributed by atoms with Gasteiger partial charge in [0.15, 0.2) is 5.16 Å². The highest BCUT2D eigenvalue weighted by molar-refractivity contribution is 7.99. The van der Waals surface area contributed by atoms with E-state index < -0.39 is 0 Å². The fourth-order valence-corrected chi connectivity index (χ4v) is 4.23. The first kappa shape index (κ1) is 19.7. The summed E-state index contributed by atoms with van der Waals surface area (Å²) in [6.45, 7) is 2.14. The van der Waals surface area contributed by atoms with Gasteiger partial charge in [-0.3, -0.25) is 9.36 Å². The number of hydrogen-bond acceptors (Lipinski definition) is 4. The monoisotopic (exact) mass is 406 g/mol. The largest absolute Gasteiger partial charge is 0.349 e. The van der Waals surface area contributed by atoms with Crippen LogP contribution in [0.15, 0.2) is 65.8 Å². The molecule has 1 amide bonds. The summed E-state index contributed by atoms with van der Waals surface area (Å²) in [5.41, 5.74) is 2.20. The number of nitrogens with one attached hydrogen (secondary N) is 1. The quantitative estimate of drug-likeness (QED) is 0.514. The zero-order valence-electron chi connectivity index (χ0n) is 16.6. The Balaban J connectivity index is 1.45. The standard InChI is InChI=1S/C23H26N4OS/c1-2-9-20(17-10-5-3-6-11-17)24-21(28)16-29-23-26-25-22(18-14-15-18)27(23)19-12-7-4-8-13-19/h3-8,10-13,18,20H,2,9,14-16H2,1H3,(H,24,28). The van der Waals surface area contributed by atoms with Gasteiger partial charge in [0.05, 0.1) is 11.8 Å². The van der Waals surface area contributed by atoms with Crippen molar-refractivity contribution in [3.05, 3.63) is 72.1 Å². The predicted molar refractivity (Wildman–Crippen MR) is 116 cm³/mol. The van der Waals surface area contributed by atoms with Crippen molar-refractivity contribution in [3.8, 4) is 5.69 Å². The number of thioether (sulfide) groups is 1. The molecular formula is C23H26N4OS. The third-order valence-electron chi connectivity index (χ3n) is 5.06. The molecule has 1 saturated carbocycles. The molecule has 0 saturated heterocycles. The van der Waals surface area contributed by atoms with Crippen LogP contribution in [0, 0.1) is 0 Å². The van der Waals surface area contributed by atoms with Crippen molar-refractivity contribution >= 4 is 17.7 Å². The minimum atomic E-state index is 0.0212. The van der Waals surface area contributed by atoms with E-state index in [1.165, 1.54) is 11.8 Å². The second-order valence-corrected chi connectivity index (χ2v) is 8.34. The molecule has 0 spiro atoms. The predicted octanol–water partition coefficient (Wildman–Crippen LogP) is 4.89. The van der Waals surface area contributed by atoms with E-state index in [0.29, 0.717) is 11.7 Å². The third kappa shape index (κ3) is 4.88. The number of para-hydroxylation sites is 1. The van der Waals surface area contributed by atoms with Crippen molar-refractivity contribution in [1.82, 2.24) is 20.1 Å². The van der Waals surface area contributed by atoms with Crippen molar-refractivity contribution in [3.63, 3.8) is 0 Å². The van der Waals surface area contributed by atoms with Crippen LogP contribution in [-0.4, -0.2) is 26.4 Å². The molecule has 150 valence electrons. The Labute approximate surface area is 175 Å². The van der Waals surface area contributed by atoms with Crippen molar-refractivity contribution in [1.29, 1.82) is 0 Å². The Kier molecular flexibility index (Phi) is 6.30. The number of carbonyl (C=O) groups is 1. The lowest BCUT2D eigenvalue weighted by Gasteiger charge is -2.18. The lowest BCUT2D eigenvalue weighted by Crippen LogP contribution is -2.30. The van der Waals surface area contributed by atoms with Gasteiger partial charge in [0.25, 0.3) is 0 Å². The molecule has 3 aromatic rings. The van der Waals surface area contributed by atoms with Gasteiger partial charge in [-0.2, -0.15) is 0 Å². The zero-order chi connectivity index (χ0) is 20.1. The fourth-order valence-electron chi connectivity index (χ4n) is 3.46. The first-order chi connectivity index (χ1) is 14.3. The average molecular weight is 407 g/mol. The molecule has 4 rings (SSSR count). The smallest absolute Gasteiger partial charge is 0.230 e. The molecule has 5 nitrogen and oxygen atoms in total. The van der Waals surface area contributed by atoms with Crippen LogP contribution in [0.3, 0.4) is 0 Å². The highest BCUT2D eigenvalue weighted by atomic mass is 32.2. The normalized spacial score (nSPS) is 14.5. The van der Waals surface area contributed by atoms with E-state index in [2.05, 4.69) is 51.3 Å². The number of amides is 1. The molecule has 29 heavy (non-hydrogen) atoms. The molecule has 0 radical (unpaired) electrons. The summed E-state index contributed by atoms with van der Waals surface area (Å²) in [6.07, 6.45) is 4.25. The molecule has 6 heteroatoms. The second-order valence-electron chi connectivity index (χ2n) is 7.39. The van der Waals surface area contributed by atoms with E-state index in [0.717, 1.165) is 47.9 Å². The Bertz CT molecular complexity index is 938. The summed E-state index contributed by atoms with van der Waals surface area (Å²) in [5.74, 6) is 1.83. The molecule has 1 aliphatic carbocycles. The van der Waals surface area contributed by atoms with Crippen LogP contribution in [-0.2, 0) is 4.79 Å². The molecule has 1 unspecified atom stereocenters. The molecule has 0 aliphatic heterocycles. The second kappa shape index (κ2) is 9.27. The SMILES string of the molecule is CCCC(NC(=O)CSc1nnc(C2CC2)n1-c1ccccc1)c1ccccc1.